The molecule has 0 bridgehead atoms. The van der Waals surface area contributed by atoms with Crippen LogP contribution in [0.4, 0.5) is 4.79 Å². The van der Waals surface area contributed by atoms with Crippen molar-refractivity contribution in [3.8, 4) is 5.75 Å². The number of ether oxygens (including phenoxy) is 1. The van der Waals surface area contributed by atoms with Crippen LogP contribution in [0.2, 0.25) is 0 Å². The number of nitrogens with one attached hydrogen (secondary N) is 1. The Labute approximate surface area is 117 Å². The molecule has 3 N–H and O–H groups in total. The highest BCUT2D eigenvalue weighted by atomic mass is 16.6. The molecule has 110 valence electrons. The van der Waals surface area contributed by atoms with Gasteiger partial charge in [-0.3, -0.25) is 0 Å². The molecule has 0 spiro atoms. The lowest BCUT2D eigenvalue weighted by Crippen LogP contribution is -2.50. The van der Waals surface area contributed by atoms with Gasteiger partial charge >= 0.3 is 12.1 Å². The quantitative estimate of drug-likeness (QED) is 0.789. The summed E-state index contributed by atoms with van der Waals surface area (Å²) in [4.78, 5) is 23.2. The summed E-state index contributed by atoms with van der Waals surface area (Å²) < 4.78 is 5.07. The summed E-state index contributed by atoms with van der Waals surface area (Å²) >= 11 is 0. The van der Waals surface area contributed by atoms with Crippen LogP contribution in [0.15, 0.2) is 24.3 Å². The largest absolute Gasteiger partial charge is 0.508 e. The zero-order chi connectivity index (χ0) is 15.6. The van der Waals surface area contributed by atoms with Crippen LogP contribution in [0, 0.1) is 0 Å². The standard InChI is InChI=1S/C14H19NO5/c1-13(2,3)20-12(19)15-14(4,11(17)18)9-5-7-10(16)8-6-9/h5-8,16H,1-4H3,(H,15,19)(H,17,18). The van der Waals surface area contributed by atoms with Gasteiger partial charge in [-0.25, -0.2) is 9.59 Å². The molecular formula is C14H19NO5. The van der Waals surface area contributed by atoms with E-state index < -0.39 is 23.2 Å². The second kappa shape index (κ2) is 5.40. The van der Waals surface area contributed by atoms with Gasteiger partial charge < -0.3 is 20.3 Å². The molecule has 1 atom stereocenters. The molecule has 0 heterocycles. The molecule has 0 saturated carbocycles. The van der Waals surface area contributed by atoms with E-state index in [1.165, 1.54) is 31.2 Å². The summed E-state index contributed by atoms with van der Waals surface area (Å²) in [5.74, 6) is -1.21. The molecule has 1 unspecified atom stereocenters. The number of rotatable bonds is 3. The van der Waals surface area contributed by atoms with Crippen LogP contribution < -0.4 is 5.32 Å². The van der Waals surface area contributed by atoms with Crippen molar-refractivity contribution in [1.29, 1.82) is 0 Å². The van der Waals surface area contributed by atoms with E-state index in [2.05, 4.69) is 5.32 Å². The predicted molar refractivity (Wildman–Crippen MR) is 72.5 cm³/mol. The molecule has 0 aromatic heterocycles. The van der Waals surface area contributed by atoms with Gasteiger partial charge in [0.25, 0.3) is 0 Å². The average Bonchev–Trinajstić information content (AvgIpc) is 2.26. The molecule has 1 aromatic carbocycles. The highest BCUT2D eigenvalue weighted by Gasteiger charge is 2.38. The van der Waals surface area contributed by atoms with E-state index in [4.69, 9.17) is 4.74 Å². The summed E-state index contributed by atoms with van der Waals surface area (Å²) in [5, 5.41) is 20.9. The lowest BCUT2D eigenvalue weighted by atomic mass is 9.92. The Balaban J connectivity index is 3.01. The molecule has 1 rings (SSSR count). The summed E-state index contributed by atoms with van der Waals surface area (Å²) in [6.45, 7) is 6.41. The van der Waals surface area contributed by atoms with Gasteiger partial charge in [-0.2, -0.15) is 0 Å². The van der Waals surface area contributed by atoms with Crippen LogP contribution in [0.1, 0.15) is 33.3 Å². The first-order valence-corrected chi connectivity index (χ1v) is 6.09. The van der Waals surface area contributed by atoms with Crippen molar-refractivity contribution >= 4 is 12.1 Å². The topological polar surface area (TPSA) is 95.9 Å². The highest BCUT2D eigenvalue weighted by molar-refractivity contribution is 5.85. The average molecular weight is 281 g/mol. The minimum absolute atomic E-state index is 0.0127. The van der Waals surface area contributed by atoms with Gasteiger partial charge in [-0.05, 0) is 45.4 Å². The minimum Gasteiger partial charge on any atom is -0.508 e. The molecule has 0 saturated heterocycles. The minimum atomic E-state index is -1.64. The van der Waals surface area contributed by atoms with Crippen molar-refractivity contribution in [2.45, 2.75) is 38.8 Å². The van der Waals surface area contributed by atoms with Gasteiger partial charge in [0.1, 0.15) is 11.4 Å². The Bertz CT molecular complexity index is 503. The number of benzene rings is 1. The fourth-order valence-electron chi connectivity index (χ4n) is 1.55. The number of amides is 1. The smallest absolute Gasteiger partial charge is 0.408 e. The van der Waals surface area contributed by atoms with Gasteiger partial charge in [0.2, 0.25) is 0 Å². The van der Waals surface area contributed by atoms with E-state index in [9.17, 15) is 19.8 Å². The lowest BCUT2D eigenvalue weighted by Gasteiger charge is -2.28. The lowest BCUT2D eigenvalue weighted by molar-refractivity contribution is -0.144. The molecule has 6 heteroatoms. The zero-order valence-electron chi connectivity index (χ0n) is 11.9. The Kier molecular flexibility index (Phi) is 4.27. The van der Waals surface area contributed by atoms with Crippen molar-refractivity contribution in [2.24, 2.45) is 0 Å². The third-order valence-electron chi connectivity index (χ3n) is 2.62. The normalized spacial score (nSPS) is 14.2. The maximum absolute atomic E-state index is 11.8. The number of aromatic hydroxyl groups is 1. The Morgan fingerprint density at radius 1 is 1.10 bits per heavy atom. The number of carbonyl (C=O) groups excluding carboxylic acids is 1. The predicted octanol–water partition coefficient (Wildman–Crippen LogP) is 2.22. The van der Waals surface area contributed by atoms with Gasteiger partial charge in [0.05, 0.1) is 0 Å². The van der Waals surface area contributed by atoms with Gasteiger partial charge in [0.15, 0.2) is 5.54 Å². The van der Waals surface area contributed by atoms with Crippen LogP contribution in [0.5, 0.6) is 5.75 Å². The first-order valence-electron chi connectivity index (χ1n) is 6.09. The van der Waals surface area contributed by atoms with E-state index in [0.29, 0.717) is 5.56 Å². The van der Waals surface area contributed by atoms with Crippen molar-refractivity contribution in [3.05, 3.63) is 29.8 Å². The van der Waals surface area contributed by atoms with Crippen molar-refractivity contribution in [3.63, 3.8) is 0 Å². The number of aliphatic carboxylic acids is 1. The number of carboxylic acid groups (broad SMARTS) is 1. The Hall–Kier alpha value is -2.24. The van der Waals surface area contributed by atoms with Gasteiger partial charge in [0, 0.05) is 0 Å². The maximum Gasteiger partial charge on any atom is 0.408 e. The van der Waals surface area contributed by atoms with Crippen LogP contribution in [0.25, 0.3) is 0 Å². The number of alkyl carbamates (subject to hydrolysis) is 1. The molecule has 0 aliphatic heterocycles. The number of hydrogen-bond donors (Lipinski definition) is 3. The second-order valence-corrected chi connectivity index (χ2v) is 5.60. The molecule has 1 amide bonds. The number of phenolic OH excluding ortho intramolecular Hbond substituents is 1. The van der Waals surface area contributed by atoms with E-state index in [0.717, 1.165) is 0 Å². The summed E-state index contributed by atoms with van der Waals surface area (Å²) in [7, 11) is 0. The summed E-state index contributed by atoms with van der Waals surface area (Å²) in [6.07, 6.45) is -0.824. The number of carboxylic acids is 1. The van der Waals surface area contributed by atoms with Crippen LogP contribution >= 0.6 is 0 Å². The zero-order valence-corrected chi connectivity index (χ0v) is 11.9. The van der Waals surface area contributed by atoms with Crippen LogP contribution in [-0.2, 0) is 15.1 Å². The van der Waals surface area contributed by atoms with E-state index in [1.807, 2.05) is 0 Å². The van der Waals surface area contributed by atoms with Crippen molar-refractivity contribution in [2.75, 3.05) is 0 Å². The van der Waals surface area contributed by atoms with Crippen molar-refractivity contribution in [1.82, 2.24) is 5.32 Å². The molecule has 0 aliphatic carbocycles. The molecule has 0 radical (unpaired) electrons. The van der Waals surface area contributed by atoms with Gasteiger partial charge in [-0.1, -0.05) is 12.1 Å². The molecular weight excluding hydrogens is 262 g/mol. The maximum atomic E-state index is 11.8. The first kappa shape index (κ1) is 15.8. The SMILES string of the molecule is CC(C)(C)OC(=O)NC(C)(C(=O)O)c1ccc(O)cc1. The summed E-state index contributed by atoms with van der Waals surface area (Å²) in [5.41, 5.74) is -2.04. The first-order chi connectivity index (χ1) is 9.04. The molecule has 20 heavy (non-hydrogen) atoms. The molecule has 1 aromatic rings. The molecule has 0 fully saturated rings. The van der Waals surface area contributed by atoms with E-state index in [-0.39, 0.29) is 5.75 Å². The second-order valence-electron chi connectivity index (χ2n) is 5.60. The third kappa shape index (κ3) is 3.88. The van der Waals surface area contributed by atoms with Gasteiger partial charge in [-0.15, -0.1) is 0 Å². The number of hydrogen-bond acceptors (Lipinski definition) is 4. The molecule has 6 nitrogen and oxygen atoms in total. The van der Waals surface area contributed by atoms with Crippen LogP contribution in [0.3, 0.4) is 0 Å². The monoisotopic (exact) mass is 281 g/mol. The fraction of sp³-hybridized carbons (Fsp3) is 0.429. The number of carbonyl (C=O) groups is 2. The third-order valence-corrected chi connectivity index (χ3v) is 2.62. The van der Waals surface area contributed by atoms with Crippen molar-refractivity contribution < 1.29 is 24.5 Å². The number of phenols is 1. The Morgan fingerprint density at radius 3 is 2.00 bits per heavy atom. The van der Waals surface area contributed by atoms with Crippen LogP contribution in [-0.4, -0.2) is 27.9 Å². The summed E-state index contributed by atoms with van der Waals surface area (Å²) in [6, 6.07) is 5.57. The highest BCUT2D eigenvalue weighted by Crippen LogP contribution is 2.24. The molecule has 0 aliphatic rings. The Morgan fingerprint density at radius 2 is 1.60 bits per heavy atom. The van der Waals surface area contributed by atoms with E-state index >= 15 is 0 Å². The van der Waals surface area contributed by atoms with E-state index in [1.54, 1.807) is 20.8 Å². The fourth-order valence-corrected chi connectivity index (χ4v) is 1.55.